The molecule has 0 aromatic carbocycles. The second-order valence-corrected chi connectivity index (χ2v) is 1.87. The molecule has 1 aliphatic heterocycles. The average Bonchev–Trinajstić information content (AvgIpc) is 2.12. The highest BCUT2D eigenvalue weighted by atomic mass is 33.1. The average molecular weight is 108 g/mol. The smallest absolute Gasteiger partial charge is 0.0885 e. The maximum Gasteiger partial charge on any atom is 0.0885 e. The van der Waals surface area contributed by atoms with Crippen LogP contribution in [0.1, 0.15) is 0 Å². The van der Waals surface area contributed by atoms with E-state index in [1.54, 1.807) is 0 Å². The molecule has 0 amide bonds. The van der Waals surface area contributed by atoms with E-state index in [0.29, 0.717) is 0 Å². The van der Waals surface area contributed by atoms with Crippen molar-refractivity contribution in [2.24, 2.45) is 0 Å². The third kappa shape index (κ3) is 1.00. The number of hydrazine groups is 1. The molecule has 1 saturated heterocycles. The molecule has 0 aromatic rings. The predicted molar refractivity (Wildman–Crippen MR) is 26.4 cm³/mol. The maximum absolute atomic E-state index is 3.86. The molecule has 0 bridgehead atoms. The first-order chi connectivity index (χ1) is 2.43. The quantitative estimate of drug-likeness (QED) is 0.218. The van der Waals surface area contributed by atoms with Gasteiger partial charge in [0.15, 0.2) is 0 Å². The van der Waals surface area contributed by atoms with Crippen LogP contribution in [0, 0.1) is 0 Å². The van der Waals surface area contributed by atoms with Gasteiger partial charge in [0.25, 0.3) is 0 Å². The van der Waals surface area contributed by atoms with Gasteiger partial charge >= 0.3 is 0 Å². The molecular formula is CH4N2S2. The minimum atomic E-state index is 0.980. The predicted octanol–water partition coefficient (Wildman–Crippen LogP) is 0.257. The summed E-state index contributed by atoms with van der Waals surface area (Å²) >= 11 is 3.86. The number of hydrogen-bond acceptors (Lipinski definition) is 4. The van der Waals surface area contributed by atoms with Gasteiger partial charge in [-0.3, -0.25) is 0 Å². The van der Waals surface area contributed by atoms with E-state index in [9.17, 15) is 0 Å². The zero-order valence-electron chi connectivity index (χ0n) is 2.51. The molecule has 0 spiro atoms. The summed E-state index contributed by atoms with van der Waals surface area (Å²) in [6.45, 7) is 0.980. The molecule has 1 heterocycles. The van der Waals surface area contributed by atoms with Crippen molar-refractivity contribution >= 4 is 22.6 Å². The normalized spacial score (nSPS) is 34.2. The van der Waals surface area contributed by atoms with Gasteiger partial charge in [0.1, 0.15) is 0 Å². The van der Waals surface area contributed by atoms with E-state index in [-0.39, 0.29) is 0 Å². The second-order valence-electron chi connectivity index (χ2n) is 0.776. The van der Waals surface area contributed by atoms with E-state index in [1.807, 2.05) is 4.41 Å². The maximum atomic E-state index is 3.86. The van der Waals surface area contributed by atoms with Crippen LogP contribution in [0.2, 0.25) is 0 Å². The van der Waals surface area contributed by atoms with Crippen LogP contribution in [0.3, 0.4) is 0 Å². The fourth-order valence-corrected chi connectivity index (χ4v) is 0.606. The molecule has 1 aliphatic rings. The molecule has 1 atom stereocenters. The molecule has 1 rings (SSSR count). The molecule has 0 saturated carbocycles. The van der Waals surface area contributed by atoms with Crippen molar-refractivity contribution in [3.8, 4) is 0 Å². The Kier molecular flexibility index (Phi) is 1.05. The summed E-state index contributed by atoms with van der Waals surface area (Å²) in [4.78, 5) is 0. The number of rotatable bonds is 1. The standard InChI is InChI=1S/CH4N2S2/c4-5-3-1-2-3/h2,4H,1H2. The first-order valence-corrected chi connectivity index (χ1v) is 3.08. The van der Waals surface area contributed by atoms with Crippen molar-refractivity contribution in [3.63, 3.8) is 0 Å². The fraction of sp³-hybridized carbons (Fsp3) is 1.00. The van der Waals surface area contributed by atoms with Crippen molar-refractivity contribution in [2.75, 3.05) is 6.67 Å². The first-order valence-electron chi connectivity index (χ1n) is 1.26. The summed E-state index contributed by atoms with van der Waals surface area (Å²) in [5, 5.41) is 0. The lowest BCUT2D eigenvalue weighted by molar-refractivity contribution is 0.871. The molecule has 1 fully saturated rings. The summed E-state index contributed by atoms with van der Waals surface area (Å²) in [6, 6.07) is 0. The van der Waals surface area contributed by atoms with Gasteiger partial charge < -0.3 is 0 Å². The van der Waals surface area contributed by atoms with Gasteiger partial charge in [-0.05, 0) is 0 Å². The largest absolute Gasteiger partial charge is 0.227 e. The van der Waals surface area contributed by atoms with E-state index >= 15 is 0 Å². The van der Waals surface area contributed by atoms with Crippen LogP contribution in [-0.4, -0.2) is 11.1 Å². The third-order valence-electron chi connectivity index (χ3n) is 0.386. The summed E-state index contributed by atoms with van der Waals surface area (Å²) < 4.78 is 1.91. The molecule has 0 radical (unpaired) electrons. The molecule has 0 aliphatic carbocycles. The number of nitrogens with zero attached hydrogens (tertiary/aromatic N) is 1. The molecule has 5 heavy (non-hydrogen) atoms. The molecular weight excluding hydrogens is 104 g/mol. The highest BCUT2D eigenvalue weighted by Crippen LogP contribution is 2.15. The van der Waals surface area contributed by atoms with Crippen LogP contribution >= 0.6 is 22.6 Å². The SMILES string of the molecule is SSN1CN1. The van der Waals surface area contributed by atoms with Crippen LogP contribution in [0.25, 0.3) is 0 Å². The third-order valence-corrected chi connectivity index (χ3v) is 1.43. The van der Waals surface area contributed by atoms with Gasteiger partial charge in [-0.25, -0.2) is 5.43 Å². The van der Waals surface area contributed by atoms with Gasteiger partial charge in [-0.1, -0.05) is 11.7 Å². The Labute approximate surface area is 39.8 Å². The minimum absolute atomic E-state index is 0.980. The second kappa shape index (κ2) is 1.38. The first kappa shape index (κ1) is 3.80. The highest BCUT2D eigenvalue weighted by molar-refractivity contribution is 8.67. The van der Waals surface area contributed by atoms with Gasteiger partial charge in [0, 0.05) is 11.0 Å². The Morgan fingerprint density at radius 1 is 2.00 bits per heavy atom. The zero-order valence-corrected chi connectivity index (χ0v) is 4.22. The van der Waals surface area contributed by atoms with E-state index in [4.69, 9.17) is 0 Å². The van der Waals surface area contributed by atoms with Crippen molar-refractivity contribution in [1.82, 2.24) is 9.84 Å². The summed E-state index contributed by atoms with van der Waals surface area (Å²) in [5.74, 6) is 0. The molecule has 1 N–H and O–H groups in total. The number of nitrogens with one attached hydrogen (secondary N) is 1. The van der Waals surface area contributed by atoms with Gasteiger partial charge in [-0.15, -0.1) is 0 Å². The van der Waals surface area contributed by atoms with Gasteiger partial charge in [0.2, 0.25) is 0 Å². The Morgan fingerprint density at radius 3 is 2.60 bits per heavy atom. The summed E-state index contributed by atoms with van der Waals surface area (Å²) in [5.41, 5.74) is 2.90. The molecule has 30 valence electrons. The van der Waals surface area contributed by atoms with Crippen molar-refractivity contribution in [1.29, 1.82) is 0 Å². The Hall–Kier alpha value is 0.620. The minimum Gasteiger partial charge on any atom is -0.227 e. The van der Waals surface area contributed by atoms with Crippen LogP contribution in [-0.2, 0) is 0 Å². The van der Waals surface area contributed by atoms with Crippen molar-refractivity contribution in [3.05, 3.63) is 0 Å². The lowest BCUT2D eigenvalue weighted by atomic mass is 11.4. The lowest BCUT2D eigenvalue weighted by Crippen LogP contribution is -1.77. The molecule has 2 nitrogen and oxygen atoms in total. The highest BCUT2D eigenvalue weighted by Gasteiger charge is 2.13. The Bertz CT molecular complexity index is 34.6. The summed E-state index contributed by atoms with van der Waals surface area (Å²) in [6.07, 6.45) is 0. The zero-order chi connectivity index (χ0) is 3.70. The number of hydrogen-bond donors (Lipinski definition) is 2. The van der Waals surface area contributed by atoms with Crippen molar-refractivity contribution in [2.45, 2.75) is 0 Å². The Morgan fingerprint density at radius 2 is 2.60 bits per heavy atom. The van der Waals surface area contributed by atoms with Gasteiger partial charge in [0.05, 0.1) is 6.67 Å². The molecule has 1 unspecified atom stereocenters. The Balaban J connectivity index is 2.00. The van der Waals surface area contributed by atoms with E-state index < -0.39 is 0 Å². The van der Waals surface area contributed by atoms with Crippen molar-refractivity contribution < 1.29 is 0 Å². The van der Waals surface area contributed by atoms with Crippen LogP contribution in [0.5, 0.6) is 0 Å². The monoisotopic (exact) mass is 108 g/mol. The van der Waals surface area contributed by atoms with Crippen LogP contribution in [0.4, 0.5) is 0 Å². The van der Waals surface area contributed by atoms with Gasteiger partial charge in [-0.2, -0.15) is 4.41 Å². The number of thiol groups is 1. The molecule has 0 aromatic heterocycles. The summed E-state index contributed by atoms with van der Waals surface area (Å²) in [7, 11) is 1.41. The van der Waals surface area contributed by atoms with Crippen LogP contribution < -0.4 is 5.43 Å². The fourth-order valence-electron chi connectivity index (χ4n) is 0.0866. The molecule has 4 heteroatoms. The lowest BCUT2D eigenvalue weighted by Gasteiger charge is -1.77. The van der Waals surface area contributed by atoms with Crippen LogP contribution in [0.15, 0.2) is 0 Å². The topological polar surface area (TPSA) is 25.0 Å². The van der Waals surface area contributed by atoms with E-state index in [2.05, 4.69) is 17.1 Å². The van der Waals surface area contributed by atoms with E-state index in [1.165, 1.54) is 11.0 Å². The van der Waals surface area contributed by atoms with E-state index in [0.717, 1.165) is 6.67 Å².